The second-order valence-electron chi connectivity index (χ2n) is 12.1. The maximum atomic E-state index is 13.4. The van der Waals surface area contributed by atoms with Crippen LogP contribution < -0.4 is 4.90 Å². The molecule has 218 valence electrons. The molecule has 2 heterocycles. The lowest BCUT2D eigenvalue weighted by Gasteiger charge is -2.25. The zero-order valence-corrected chi connectivity index (χ0v) is 24.8. The number of Topliss-reactive ketones (excluding diaryl/α,β-unsaturated/α-hetero) is 1. The minimum atomic E-state index is -0.613. The zero-order valence-electron chi connectivity index (χ0n) is 24.8. The number of carbonyl (C=O) groups is 4. The number of ether oxygens (including phenoxy) is 1. The molecule has 1 aliphatic carbocycles. The fourth-order valence-corrected chi connectivity index (χ4v) is 6.29. The predicted octanol–water partition coefficient (Wildman–Crippen LogP) is 6.79. The van der Waals surface area contributed by atoms with E-state index in [0.29, 0.717) is 39.3 Å². The van der Waals surface area contributed by atoms with Crippen molar-refractivity contribution >= 4 is 40.2 Å². The molecule has 0 radical (unpaired) electrons. The first-order valence-electron chi connectivity index (χ1n) is 14.8. The lowest BCUT2D eigenvalue weighted by Crippen LogP contribution is -2.30. The van der Waals surface area contributed by atoms with Gasteiger partial charge in [-0.2, -0.15) is 0 Å². The summed E-state index contributed by atoms with van der Waals surface area (Å²) < 4.78 is 5.52. The van der Waals surface area contributed by atoms with Crippen LogP contribution in [0, 0.1) is 38.5 Å². The highest BCUT2D eigenvalue weighted by atomic mass is 16.5. The summed E-state index contributed by atoms with van der Waals surface area (Å²) in [5.74, 6) is -1.15. The molecule has 3 atom stereocenters. The van der Waals surface area contributed by atoms with Crippen LogP contribution >= 0.6 is 0 Å². The van der Waals surface area contributed by atoms with Crippen LogP contribution in [-0.4, -0.2) is 35.2 Å². The molecule has 0 unspecified atom stereocenters. The molecule has 2 aliphatic rings. The van der Waals surface area contributed by atoms with E-state index in [1.54, 1.807) is 42.5 Å². The summed E-state index contributed by atoms with van der Waals surface area (Å²) in [5.41, 5.74) is 6.26. The summed E-state index contributed by atoms with van der Waals surface area (Å²) in [7, 11) is 0. The second kappa shape index (κ2) is 11.2. The number of carbonyl (C=O) groups excluding carboxylic acids is 4. The van der Waals surface area contributed by atoms with Crippen molar-refractivity contribution in [2.45, 2.75) is 47.0 Å². The molecule has 7 nitrogen and oxygen atoms in total. The van der Waals surface area contributed by atoms with Gasteiger partial charge in [-0.05, 0) is 93.5 Å². The highest BCUT2D eigenvalue weighted by molar-refractivity contribution is 6.22. The largest absolute Gasteiger partial charge is 0.454 e. The van der Waals surface area contributed by atoms with Gasteiger partial charge in [-0.15, -0.1) is 0 Å². The number of hydrogen-bond acceptors (Lipinski definition) is 6. The number of aryl methyl sites for hydroxylation is 3. The van der Waals surface area contributed by atoms with Gasteiger partial charge in [0.2, 0.25) is 11.8 Å². The summed E-state index contributed by atoms with van der Waals surface area (Å²) in [6.07, 6.45) is 2.46. The van der Waals surface area contributed by atoms with E-state index in [2.05, 4.69) is 6.92 Å². The summed E-state index contributed by atoms with van der Waals surface area (Å²) in [5, 5.41) is 0.633. The van der Waals surface area contributed by atoms with Crippen LogP contribution in [0.3, 0.4) is 0 Å². The molecule has 1 saturated heterocycles. The number of nitrogens with zero attached hydrogens (tertiary/aromatic N) is 2. The molecule has 6 rings (SSSR count). The number of anilines is 1. The Kier molecular flexibility index (Phi) is 7.42. The molecule has 1 aliphatic heterocycles. The van der Waals surface area contributed by atoms with Crippen LogP contribution in [0.5, 0.6) is 0 Å². The Morgan fingerprint density at radius 3 is 2.35 bits per heavy atom. The van der Waals surface area contributed by atoms with E-state index in [0.717, 1.165) is 41.5 Å². The van der Waals surface area contributed by atoms with E-state index in [9.17, 15) is 19.2 Å². The molecule has 43 heavy (non-hydrogen) atoms. The maximum absolute atomic E-state index is 13.4. The van der Waals surface area contributed by atoms with Crippen LogP contribution in [0.2, 0.25) is 0 Å². The molecular weight excluding hydrogens is 540 g/mol. The van der Waals surface area contributed by atoms with Gasteiger partial charge < -0.3 is 4.74 Å². The Hall–Kier alpha value is -4.65. The molecule has 2 fully saturated rings. The average molecular weight is 575 g/mol. The number of benzene rings is 3. The van der Waals surface area contributed by atoms with Gasteiger partial charge in [0.1, 0.15) is 0 Å². The lowest BCUT2D eigenvalue weighted by molar-refractivity contribution is -0.122. The first kappa shape index (κ1) is 28.5. The predicted molar refractivity (Wildman–Crippen MR) is 165 cm³/mol. The van der Waals surface area contributed by atoms with Crippen LogP contribution in [0.4, 0.5) is 5.69 Å². The molecule has 1 saturated carbocycles. The van der Waals surface area contributed by atoms with E-state index >= 15 is 0 Å². The highest BCUT2D eigenvalue weighted by Gasteiger charge is 2.49. The van der Waals surface area contributed by atoms with E-state index in [1.165, 1.54) is 4.90 Å². The summed E-state index contributed by atoms with van der Waals surface area (Å²) in [6.45, 7) is 7.60. The zero-order chi connectivity index (χ0) is 30.4. The third-order valence-corrected chi connectivity index (χ3v) is 8.96. The normalized spacial score (nSPS) is 19.9. The summed E-state index contributed by atoms with van der Waals surface area (Å²) in [4.78, 5) is 58.6. The van der Waals surface area contributed by atoms with E-state index in [4.69, 9.17) is 9.72 Å². The third kappa shape index (κ3) is 5.36. The Morgan fingerprint density at radius 2 is 1.60 bits per heavy atom. The Morgan fingerprint density at radius 1 is 0.860 bits per heavy atom. The van der Waals surface area contributed by atoms with Crippen molar-refractivity contribution < 1.29 is 23.9 Å². The summed E-state index contributed by atoms with van der Waals surface area (Å²) >= 11 is 0. The second-order valence-corrected chi connectivity index (χ2v) is 12.1. The van der Waals surface area contributed by atoms with Crippen molar-refractivity contribution in [2.24, 2.45) is 17.8 Å². The number of esters is 1. The smallest absolute Gasteiger partial charge is 0.339 e. The molecule has 2 amide bonds. The van der Waals surface area contributed by atoms with Gasteiger partial charge in [0.25, 0.3) is 0 Å². The molecule has 0 bridgehead atoms. The minimum Gasteiger partial charge on any atom is -0.454 e. The van der Waals surface area contributed by atoms with Crippen molar-refractivity contribution in [1.82, 2.24) is 4.98 Å². The summed E-state index contributed by atoms with van der Waals surface area (Å²) in [6, 6.07) is 19.9. The maximum Gasteiger partial charge on any atom is 0.339 e. The number of pyridine rings is 1. The Balaban J connectivity index is 1.27. The van der Waals surface area contributed by atoms with Crippen molar-refractivity contribution in [1.29, 1.82) is 0 Å². The van der Waals surface area contributed by atoms with Gasteiger partial charge in [0, 0.05) is 16.5 Å². The third-order valence-electron chi connectivity index (χ3n) is 8.96. The molecular formula is C36H34N2O5. The van der Waals surface area contributed by atoms with Gasteiger partial charge in [0.05, 0.1) is 34.3 Å². The monoisotopic (exact) mass is 574 g/mol. The number of rotatable bonds is 6. The molecule has 3 aromatic carbocycles. The molecule has 0 spiro atoms. The number of amides is 2. The number of ketones is 1. The number of fused-ring (bicyclic) bond motifs is 2. The SMILES string of the molecule is Cc1ccc2nc(-c3ccc(N4C(=O)[C@H]5C[C@@H](C)CC[C@H]5C4=O)cc3)cc(C(=O)OCC(=O)c3ccc(C)c(C)c3)c2c1. The van der Waals surface area contributed by atoms with Gasteiger partial charge in [-0.3, -0.25) is 19.3 Å². The van der Waals surface area contributed by atoms with Crippen molar-refractivity contribution in [3.8, 4) is 11.3 Å². The highest BCUT2D eigenvalue weighted by Crippen LogP contribution is 2.42. The lowest BCUT2D eigenvalue weighted by atomic mass is 9.76. The van der Waals surface area contributed by atoms with Crippen molar-refractivity contribution in [3.63, 3.8) is 0 Å². The fourth-order valence-electron chi connectivity index (χ4n) is 6.29. The standard InChI is InChI=1S/C36H34N2O5/c1-20-5-13-27-29(16-20)35(41)38(34(27)40)26-11-9-24(10-12-26)32-18-30(28-15-21(2)6-14-31(28)37-32)36(42)43-19-33(39)25-8-7-22(3)23(4)17-25/h6-12,14-15,17-18,20,27,29H,5,13,16,19H2,1-4H3/t20-,27+,29-/m0/s1. The molecule has 1 aromatic heterocycles. The van der Waals surface area contributed by atoms with Gasteiger partial charge in [-0.1, -0.05) is 42.8 Å². The first-order chi connectivity index (χ1) is 20.6. The van der Waals surface area contributed by atoms with Gasteiger partial charge >= 0.3 is 5.97 Å². The molecule has 4 aromatic rings. The van der Waals surface area contributed by atoms with Crippen molar-refractivity contribution in [3.05, 3.63) is 94.5 Å². The van der Waals surface area contributed by atoms with Crippen LogP contribution in [0.15, 0.2) is 66.7 Å². The quantitative estimate of drug-likeness (QED) is 0.143. The Bertz CT molecular complexity index is 1790. The minimum absolute atomic E-state index is 0.116. The van der Waals surface area contributed by atoms with E-state index in [-0.39, 0.29) is 36.0 Å². The van der Waals surface area contributed by atoms with Crippen LogP contribution in [0.1, 0.15) is 63.6 Å². The molecule has 0 N–H and O–H groups in total. The van der Waals surface area contributed by atoms with Crippen LogP contribution in [0.25, 0.3) is 22.2 Å². The average Bonchev–Trinajstić information content (AvgIpc) is 3.25. The van der Waals surface area contributed by atoms with Gasteiger partial charge in [0.15, 0.2) is 12.4 Å². The number of aromatic nitrogens is 1. The topological polar surface area (TPSA) is 93.6 Å². The van der Waals surface area contributed by atoms with Crippen molar-refractivity contribution in [2.75, 3.05) is 11.5 Å². The van der Waals surface area contributed by atoms with E-state index in [1.807, 2.05) is 45.0 Å². The fraction of sp³-hybridized carbons (Fsp3) is 0.306. The van der Waals surface area contributed by atoms with E-state index < -0.39 is 5.97 Å². The van der Waals surface area contributed by atoms with Gasteiger partial charge in [-0.25, -0.2) is 9.78 Å². The number of imide groups is 1. The number of hydrogen-bond donors (Lipinski definition) is 0. The Labute approximate surface area is 250 Å². The molecule has 7 heteroatoms. The van der Waals surface area contributed by atoms with Crippen LogP contribution in [-0.2, 0) is 14.3 Å². The first-order valence-corrected chi connectivity index (χ1v) is 14.8.